The van der Waals surface area contributed by atoms with Crippen molar-refractivity contribution in [3.05, 3.63) is 40.8 Å². The minimum atomic E-state index is -0.449. The van der Waals surface area contributed by atoms with E-state index in [1.54, 1.807) is 13.2 Å². The third-order valence-electron chi connectivity index (χ3n) is 4.67. The summed E-state index contributed by atoms with van der Waals surface area (Å²) in [5.74, 6) is -0.0733. The van der Waals surface area contributed by atoms with Gasteiger partial charge in [-0.25, -0.2) is 4.68 Å². The van der Waals surface area contributed by atoms with Crippen molar-refractivity contribution < 1.29 is 4.79 Å². The van der Waals surface area contributed by atoms with Crippen molar-refractivity contribution in [2.24, 2.45) is 7.05 Å². The number of nitrogens with zero attached hydrogens (tertiary/aromatic N) is 4. The number of carbonyl (C=O) groups excluding carboxylic acids is 1. The lowest BCUT2D eigenvalue weighted by atomic mass is 10.2. The van der Waals surface area contributed by atoms with Crippen LogP contribution in [0.15, 0.2) is 35.3 Å². The van der Waals surface area contributed by atoms with Gasteiger partial charge in [0.05, 0.1) is 11.7 Å². The molecule has 0 bridgehead atoms. The molecule has 2 aromatic heterocycles. The van der Waals surface area contributed by atoms with Gasteiger partial charge in [-0.15, -0.1) is 0 Å². The summed E-state index contributed by atoms with van der Waals surface area (Å²) in [5.41, 5.74) is 1.21. The third-order valence-corrected chi connectivity index (χ3v) is 4.67. The van der Waals surface area contributed by atoms with Crippen molar-refractivity contribution in [3.8, 4) is 0 Å². The lowest BCUT2D eigenvalue weighted by Gasteiger charge is -2.20. The standard InChI is InChI=1S/C19H25N5O2/c1-5-15(18(25)20-10-11-22(2)3)24-16-9-7-6-8-13(16)14-12-21-23(4)19(26)17(14)24/h6-9,12,15H,5,10-11H2,1-4H3,(H,20,25)/t15-/m0/s1. The summed E-state index contributed by atoms with van der Waals surface area (Å²) in [6.45, 7) is 3.29. The van der Waals surface area contributed by atoms with Crippen LogP contribution >= 0.6 is 0 Å². The maximum absolute atomic E-state index is 12.9. The SMILES string of the molecule is CC[C@@H](C(=O)NCCN(C)C)n1c2ccccc2c2cnn(C)c(=O)c21. The maximum Gasteiger partial charge on any atom is 0.291 e. The summed E-state index contributed by atoms with van der Waals surface area (Å²) in [6, 6.07) is 7.32. The lowest BCUT2D eigenvalue weighted by Crippen LogP contribution is -2.37. The zero-order valence-corrected chi connectivity index (χ0v) is 15.7. The highest BCUT2D eigenvalue weighted by Crippen LogP contribution is 2.30. The van der Waals surface area contributed by atoms with Crippen LogP contribution in [0.2, 0.25) is 0 Å². The molecular weight excluding hydrogens is 330 g/mol. The molecule has 0 aliphatic rings. The van der Waals surface area contributed by atoms with Crippen molar-refractivity contribution in [3.63, 3.8) is 0 Å². The van der Waals surface area contributed by atoms with E-state index in [-0.39, 0.29) is 11.5 Å². The second kappa shape index (κ2) is 7.29. The van der Waals surface area contributed by atoms with Crippen LogP contribution < -0.4 is 10.9 Å². The van der Waals surface area contributed by atoms with Gasteiger partial charge in [0.2, 0.25) is 5.91 Å². The van der Waals surface area contributed by atoms with Gasteiger partial charge in [0.25, 0.3) is 5.56 Å². The molecule has 0 radical (unpaired) electrons. The van der Waals surface area contributed by atoms with E-state index >= 15 is 0 Å². The fraction of sp³-hybridized carbons (Fsp3) is 0.421. The first-order valence-corrected chi connectivity index (χ1v) is 8.83. The van der Waals surface area contributed by atoms with Crippen LogP contribution in [0.4, 0.5) is 0 Å². The zero-order chi connectivity index (χ0) is 18.8. The monoisotopic (exact) mass is 355 g/mol. The molecule has 1 amide bonds. The van der Waals surface area contributed by atoms with Crippen LogP contribution in [0.1, 0.15) is 19.4 Å². The molecule has 0 unspecified atom stereocenters. The van der Waals surface area contributed by atoms with Gasteiger partial charge in [-0.3, -0.25) is 9.59 Å². The van der Waals surface area contributed by atoms with Crippen LogP contribution in [-0.2, 0) is 11.8 Å². The Morgan fingerprint density at radius 1 is 1.27 bits per heavy atom. The van der Waals surface area contributed by atoms with Gasteiger partial charge >= 0.3 is 0 Å². The first-order chi connectivity index (χ1) is 12.5. The van der Waals surface area contributed by atoms with Crippen molar-refractivity contribution >= 4 is 27.7 Å². The minimum absolute atomic E-state index is 0.0733. The molecule has 0 fully saturated rings. The minimum Gasteiger partial charge on any atom is -0.353 e. The first kappa shape index (κ1) is 18.1. The largest absolute Gasteiger partial charge is 0.353 e. The number of amides is 1. The van der Waals surface area contributed by atoms with Crippen molar-refractivity contribution in [2.75, 3.05) is 27.2 Å². The molecule has 7 heteroatoms. The Hall–Kier alpha value is -2.67. The molecule has 0 saturated carbocycles. The van der Waals surface area contributed by atoms with E-state index in [0.29, 0.717) is 18.5 Å². The Labute approximate surface area is 152 Å². The number of aromatic nitrogens is 3. The maximum atomic E-state index is 12.9. The fourth-order valence-corrected chi connectivity index (χ4v) is 3.32. The van der Waals surface area contributed by atoms with E-state index in [4.69, 9.17) is 0 Å². The molecule has 3 rings (SSSR count). The summed E-state index contributed by atoms with van der Waals surface area (Å²) in [7, 11) is 5.56. The summed E-state index contributed by atoms with van der Waals surface area (Å²) in [6.07, 6.45) is 2.29. The molecule has 3 aromatic rings. The summed E-state index contributed by atoms with van der Waals surface area (Å²) in [4.78, 5) is 27.7. The summed E-state index contributed by atoms with van der Waals surface area (Å²) < 4.78 is 3.19. The molecule has 26 heavy (non-hydrogen) atoms. The normalized spacial score (nSPS) is 12.8. The number of hydrogen-bond donors (Lipinski definition) is 1. The third kappa shape index (κ3) is 3.10. The fourth-order valence-electron chi connectivity index (χ4n) is 3.32. The van der Waals surface area contributed by atoms with Gasteiger partial charge < -0.3 is 14.8 Å². The number of rotatable bonds is 6. The Bertz CT molecular complexity index is 1000. The Morgan fingerprint density at radius 2 is 2.00 bits per heavy atom. The van der Waals surface area contributed by atoms with Crippen LogP contribution in [0.3, 0.4) is 0 Å². The number of benzene rings is 1. The molecule has 0 spiro atoms. The topological polar surface area (TPSA) is 72.2 Å². The predicted octanol–water partition coefficient (Wildman–Crippen LogP) is 1.52. The average molecular weight is 355 g/mol. The van der Waals surface area contributed by atoms with Gasteiger partial charge in [-0.1, -0.05) is 25.1 Å². The molecule has 7 nitrogen and oxygen atoms in total. The number of hydrogen-bond acceptors (Lipinski definition) is 4. The molecule has 0 aliphatic carbocycles. The van der Waals surface area contributed by atoms with E-state index in [0.717, 1.165) is 22.8 Å². The lowest BCUT2D eigenvalue weighted by molar-refractivity contribution is -0.124. The van der Waals surface area contributed by atoms with E-state index in [2.05, 4.69) is 10.4 Å². The molecule has 1 aromatic carbocycles. The zero-order valence-electron chi connectivity index (χ0n) is 15.7. The summed E-state index contributed by atoms with van der Waals surface area (Å²) >= 11 is 0. The van der Waals surface area contributed by atoms with Crippen LogP contribution in [0.25, 0.3) is 21.8 Å². The number of likely N-dealkylation sites (N-methyl/N-ethyl adjacent to an activating group) is 1. The first-order valence-electron chi connectivity index (χ1n) is 8.83. The smallest absolute Gasteiger partial charge is 0.291 e. The van der Waals surface area contributed by atoms with E-state index in [1.165, 1.54) is 4.68 Å². The number of fused-ring (bicyclic) bond motifs is 3. The highest BCUT2D eigenvalue weighted by atomic mass is 16.2. The van der Waals surface area contributed by atoms with Crippen LogP contribution in [-0.4, -0.2) is 52.3 Å². The van der Waals surface area contributed by atoms with E-state index in [9.17, 15) is 9.59 Å². The van der Waals surface area contributed by atoms with Gasteiger partial charge in [0.15, 0.2) is 0 Å². The second-order valence-corrected chi connectivity index (χ2v) is 6.74. The predicted molar refractivity (Wildman–Crippen MR) is 103 cm³/mol. The molecule has 1 N–H and O–H groups in total. The summed E-state index contributed by atoms with van der Waals surface area (Å²) in [5, 5.41) is 8.86. The molecule has 138 valence electrons. The highest BCUT2D eigenvalue weighted by molar-refractivity contribution is 6.08. The quantitative estimate of drug-likeness (QED) is 0.728. The van der Waals surface area contributed by atoms with Gasteiger partial charge in [0.1, 0.15) is 11.6 Å². The molecule has 2 heterocycles. The van der Waals surface area contributed by atoms with Crippen molar-refractivity contribution in [1.82, 2.24) is 24.6 Å². The van der Waals surface area contributed by atoms with E-state index in [1.807, 2.05) is 54.8 Å². The molecular formula is C19H25N5O2. The van der Waals surface area contributed by atoms with Gasteiger partial charge in [0, 0.05) is 30.9 Å². The van der Waals surface area contributed by atoms with Crippen LogP contribution in [0.5, 0.6) is 0 Å². The van der Waals surface area contributed by atoms with Crippen molar-refractivity contribution in [2.45, 2.75) is 19.4 Å². The molecule has 0 aliphatic heterocycles. The number of carbonyl (C=O) groups is 1. The Morgan fingerprint density at radius 3 is 2.69 bits per heavy atom. The number of para-hydroxylation sites is 1. The van der Waals surface area contributed by atoms with Crippen LogP contribution in [0, 0.1) is 0 Å². The molecule has 0 saturated heterocycles. The Kier molecular flexibility index (Phi) is 5.08. The number of nitrogens with one attached hydrogen (secondary N) is 1. The Balaban J connectivity index is 2.16. The number of aryl methyl sites for hydroxylation is 1. The van der Waals surface area contributed by atoms with E-state index < -0.39 is 6.04 Å². The molecule has 1 atom stereocenters. The highest BCUT2D eigenvalue weighted by Gasteiger charge is 2.25. The van der Waals surface area contributed by atoms with Crippen molar-refractivity contribution in [1.29, 1.82) is 0 Å². The second-order valence-electron chi connectivity index (χ2n) is 6.74. The van der Waals surface area contributed by atoms with Gasteiger partial charge in [-0.05, 0) is 26.6 Å². The average Bonchev–Trinajstić information content (AvgIpc) is 2.94. The van der Waals surface area contributed by atoms with Gasteiger partial charge in [-0.2, -0.15) is 5.10 Å².